The number of carbonyl (C=O) groups excluding carboxylic acids is 3. The molecule has 1 atom stereocenters. The summed E-state index contributed by atoms with van der Waals surface area (Å²) in [4.78, 5) is 38.3. The van der Waals surface area contributed by atoms with E-state index in [4.69, 9.17) is 14.2 Å². The minimum absolute atomic E-state index is 0.0781. The fraction of sp³-hybridized carbons (Fsp3) is 0.812. The molecule has 0 aromatic carbocycles. The van der Waals surface area contributed by atoms with Crippen molar-refractivity contribution in [3.05, 3.63) is 60.8 Å². The molecule has 0 aliphatic rings. The molecule has 75 heavy (non-hydrogen) atoms. The van der Waals surface area contributed by atoms with Crippen LogP contribution in [0.2, 0.25) is 0 Å². The van der Waals surface area contributed by atoms with Crippen LogP contribution in [0.25, 0.3) is 0 Å². The van der Waals surface area contributed by atoms with E-state index in [-0.39, 0.29) is 31.1 Å². The van der Waals surface area contributed by atoms with Crippen molar-refractivity contribution < 1.29 is 28.6 Å². The first-order valence-corrected chi connectivity index (χ1v) is 32.8. The third-order valence-corrected chi connectivity index (χ3v) is 14.5. The van der Waals surface area contributed by atoms with Crippen LogP contribution in [0, 0.1) is 0 Å². The first-order valence-electron chi connectivity index (χ1n) is 32.8. The summed E-state index contributed by atoms with van der Waals surface area (Å²) >= 11 is 0. The number of unbranched alkanes of at least 4 members (excludes halogenated alkanes) is 39. The highest BCUT2D eigenvalue weighted by Gasteiger charge is 2.19. The van der Waals surface area contributed by atoms with Crippen LogP contribution in [0.1, 0.15) is 342 Å². The Labute approximate surface area is 466 Å². The second kappa shape index (κ2) is 63.6. The van der Waals surface area contributed by atoms with Gasteiger partial charge in [0.05, 0.1) is 0 Å². The molecule has 6 heteroatoms. The predicted molar refractivity (Wildman–Crippen MR) is 325 cm³/mol. The highest BCUT2D eigenvalue weighted by atomic mass is 16.6. The van der Waals surface area contributed by atoms with Gasteiger partial charge in [-0.05, 0) is 109 Å². The molecule has 0 aliphatic heterocycles. The van der Waals surface area contributed by atoms with E-state index >= 15 is 0 Å². The van der Waals surface area contributed by atoms with Crippen LogP contribution in [0.15, 0.2) is 60.8 Å². The summed E-state index contributed by atoms with van der Waals surface area (Å²) in [5.74, 6) is -0.880. The highest BCUT2D eigenvalue weighted by Crippen LogP contribution is 2.17. The maximum Gasteiger partial charge on any atom is 0.306 e. The largest absolute Gasteiger partial charge is 0.462 e. The van der Waals surface area contributed by atoms with Crippen molar-refractivity contribution in [1.82, 2.24) is 0 Å². The number of hydrogen-bond acceptors (Lipinski definition) is 6. The summed E-state index contributed by atoms with van der Waals surface area (Å²) in [6, 6.07) is 0. The summed E-state index contributed by atoms with van der Waals surface area (Å²) in [6.45, 7) is 6.63. The van der Waals surface area contributed by atoms with Crippen LogP contribution in [-0.4, -0.2) is 37.2 Å². The van der Waals surface area contributed by atoms with Gasteiger partial charge in [-0.1, -0.05) is 274 Å². The predicted octanol–water partition coefficient (Wildman–Crippen LogP) is 22.3. The normalized spacial score (nSPS) is 12.4. The fourth-order valence-electron chi connectivity index (χ4n) is 9.50. The molecule has 0 fully saturated rings. The number of ether oxygens (including phenoxy) is 3. The van der Waals surface area contributed by atoms with Gasteiger partial charge in [-0.15, -0.1) is 0 Å². The van der Waals surface area contributed by atoms with E-state index in [1.54, 1.807) is 0 Å². The van der Waals surface area contributed by atoms with E-state index in [0.29, 0.717) is 19.3 Å². The third-order valence-electron chi connectivity index (χ3n) is 14.5. The molecule has 0 rings (SSSR count). The first-order chi connectivity index (χ1) is 37.0. The van der Waals surface area contributed by atoms with Gasteiger partial charge in [0, 0.05) is 19.3 Å². The summed E-state index contributed by atoms with van der Waals surface area (Å²) in [5.41, 5.74) is 0. The molecule has 0 bridgehead atoms. The average Bonchev–Trinajstić information content (AvgIpc) is 3.41. The number of rotatable bonds is 60. The minimum atomic E-state index is -0.781. The monoisotopic (exact) mass is 1050 g/mol. The molecule has 0 radical (unpaired) electrons. The van der Waals surface area contributed by atoms with Crippen LogP contribution in [0.4, 0.5) is 0 Å². The van der Waals surface area contributed by atoms with E-state index in [9.17, 15) is 14.4 Å². The first kappa shape index (κ1) is 72.1. The van der Waals surface area contributed by atoms with Crippen molar-refractivity contribution in [2.45, 2.75) is 348 Å². The van der Waals surface area contributed by atoms with Gasteiger partial charge in [0.15, 0.2) is 6.10 Å². The lowest BCUT2D eigenvalue weighted by Gasteiger charge is -2.18. The van der Waals surface area contributed by atoms with Crippen molar-refractivity contribution in [2.24, 2.45) is 0 Å². The maximum atomic E-state index is 12.9. The van der Waals surface area contributed by atoms with Crippen molar-refractivity contribution in [1.29, 1.82) is 0 Å². The van der Waals surface area contributed by atoms with Crippen molar-refractivity contribution in [3.63, 3.8) is 0 Å². The second-order valence-electron chi connectivity index (χ2n) is 22.0. The Kier molecular flexibility index (Phi) is 61.2. The maximum absolute atomic E-state index is 12.9. The van der Waals surface area contributed by atoms with E-state index in [2.05, 4.69) is 81.5 Å². The zero-order valence-electron chi connectivity index (χ0n) is 50.1. The van der Waals surface area contributed by atoms with Gasteiger partial charge in [-0.2, -0.15) is 0 Å². The minimum Gasteiger partial charge on any atom is -0.462 e. The molecule has 0 saturated carbocycles. The zero-order valence-corrected chi connectivity index (χ0v) is 50.1. The molecule has 0 saturated heterocycles. The molecule has 0 amide bonds. The van der Waals surface area contributed by atoms with Crippen LogP contribution in [0.5, 0.6) is 0 Å². The van der Waals surface area contributed by atoms with Crippen LogP contribution < -0.4 is 0 Å². The number of esters is 3. The molecule has 0 aromatic rings. The molecule has 0 aromatic heterocycles. The van der Waals surface area contributed by atoms with E-state index in [0.717, 1.165) is 89.9 Å². The second-order valence-corrected chi connectivity index (χ2v) is 22.0. The summed E-state index contributed by atoms with van der Waals surface area (Å²) < 4.78 is 16.9. The molecule has 0 aliphatic carbocycles. The average molecular weight is 1050 g/mol. The Morgan fingerprint density at radius 1 is 0.267 bits per heavy atom. The lowest BCUT2D eigenvalue weighted by Crippen LogP contribution is -2.30. The SMILES string of the molecule is CCCCCCC/C=C\C/C=C\C/C=C\CCCCCCCCCCCCCCCCC(=O)OCC(COC(=O)CCCCCCC/C=C\CCCCCCC)OC(=O)CCCCCCC/C=C\CCCCCCC. The highest BCUT2D eigenvalue weighted by molar-refractivity contribution is 5.71. The Morgan fingerprint density at radius 2 is 0.480 bits per heavy atom. The number of carbonyl (C=O) groups is 3. The van der Waals surface area contributed by atoms with Gasteiger partial charge < -0.3 is 14.2 Å². The summed E-state index contributed by atoms with van der Waals surface area (Å²) in [5, 5.41) is 0. The van der Waals surface area contributed by atoms with E-state index in [1.165, 1.54) is 212 Å². The van der Waals surface area contributed by atoms with Crippen molar-refractivity contribution >= 4 is 17.9 Å². The van der Waals surface area contributed by atoms with Gasteiger partial charge in [-0.3, -0.25) is 14.4 Å². The lowest BCUT2D eigenvalue weighted by molar-refractivity contribution is -0.167. The van der Waals surface area contributed by atoms with Crippen LogP contribution in [0.3, 0.4) is 0 Å². The topological polar surface area (TPSA) is 78.9 Å². The Morgan fingerprint density at radius 3 is 0.760 bits per heavy atom. The molecule has 436 valence electrons. The Balaban J connectivity index is 4.21. The molecular weight excluding hydrogens is 925 g/mol. The van der Waals surface area contributed by atoms with Gasteiger partial charge >= 0.3 is 17.9 Å². The standard InChI is InChI=1S/C69H124O6/c1-4-7-10-13-16-19-22-25-28-29-30-31-32-33-34-35-36-37-38-39-40-41-42-45-47-50-53-56-59-62-68(71)74-65-66(75-69(72)63-60-57-54-51-48-44-27-24-21-18-15-12-9-6-3)64-73-67(70)61-58-55-52-49-46-43-26-23-20-17-14-11-8-5-2/h22-27,29-30,32-33,66H,4-21,28,31,34-65H2,1-3H3/b25-22-,26-23-,27-24-,30-29-,33-32-. The number of allylic oxidation sites excluding steroid dienone is 10. The molecule has 0 N–H and O–H groups in total. The summed E-state index contributed by atoms with van der Waals surface area (Å²) in [7, 11) is 0. The van der Waals surface area contributed by atoms with Gasteiger partial charge in [0.2, 0.25) is 0 Å². The molecule has 1 unspecified atom stereocenters. The van der Waals surface area contributed by atoms with Crippen LogP contribution in [-0.2, 0) is 28.6 Å². The van der Waals surface area contributed by atoms with Gasteiger partial charge in [-0.25, -0.2) is 0 Å². The van der Waals surface area contributed by atoms with E-state index < -0.39 is 6.10 Å². The smallest absolute Gasteiger partial charge is 0.306 e. The Bertz CT molecular complexity index is 1340. The molecule has 0 heterocycles. The molecular formula is C69H124O6. The van der Waals surface area contributed by atoms with Gasteiger partial charge in [0.1, 0.15) is 13.2 Å². The van der Waals surface area contributed by atoms with E-state index in [1.807, 2.05) is 0 Å². The molecule has 0 spiro atoms. The zero-order chi connectivity index (χ0) is 54.3. The third kappa shape index (κ3) is 61.8. The quantitative estimate of drug-likeness (QED) is 0.0261. The number of hydrogen-bond donors (Lipinski definition) is 0. The van der Waals surface area contributed by atoms with Crippen LogP contribution >= 0.6 is 0 Å². The van der Waals surface area contributed by atoms with Crippen molar-refractivity contribution in [3.8, 4) is 0 Å². The fourth-order valence-corrected chi connectivity index (χ4v) is 9.50. The van der Waals surface area contributed by atoms with Gasteiger partial charge in [0.25, 0.3) is 0 Å². The molecule has 6 nitrogen and oxygen atoms in total. The van der Waals surface area contributed by atoms with Crippen molar-refractivity contribution in [2.75, 3.05) is 13.2 Å². The summed E-state index contributed by atoms with van der Waals surface area (Å²) in [6.07, 6.45) is 80.9. The Hall–Kier alpha value is -2.89. The lowest BCUT2D eigenvalue weighted by atomic mass is 10.0.